The van der Waals surface area contributed by atoms with E-state index in [4.69, 9.17) is 6.42 Å². The van der Waals surface area contributed by atoms with Crippen molar-refractivity contribution >= 4 is 0 Å². The van der Waals surface area contributed by atoms with Gasteiger partial charge in [-0.1, -0.05) is 6.42 Å². The molecule has 0 bridgehead atoms. The Balaban J connectivity index is 2.80. The summed E-state index contributed by atoms with van der Waals surface area (Å²) in [5.41, 5.74) is 8.95. The van der Waals surface area contributed by atoms with Crippen molar-refractivity contribution in [1.29, 1.82) is 0 Å². The smallest absolute Gasteiger partial charge is 0.00860 e. The Hall–Kier alpha value is -1.22. The lowest BCUT2D eigenvalue weighted by molar-refractivity contribution is 0.688. The van der Waals surface area contributed by atoms with Crippen LogP contribution in [0.3, 0.4) is 0 Å². The van der Waals surface area contributed by atoms with Gasteiger partial charge in [0, 0.05) is 6.42 Å². The summed E-state index contributed by atoms with van der Waals surface area (Å²) < 4.78 is 0. The first-order valence-electron chi connectivity index (χ1n) is 7.00. The first kappa shape index (κ1) is 14.8. The third-order valence-corrected chi connectivity index (χ3v) is 4.40. The summed E-state index contributed by atoms with van der Waals surface area (Å²) in [7, 11) is 0. The maximum absolute atomic E-state index is 5.28. The highest BCUT2D eigenvalue weighted by Gasteiger charge is 2.11. The van der Waals surface area contributed by atoms with Crippen LogP contribution in [0, 0.1) is 47.0 Å². The molecule has 0 aliphatic heterocycles. The van der Waals surface area contributed by atoms with Gasteiger partial charge in [-0.2, -0.15) is 0 Å². The molecule has 0 aromatic heterocycles. The normalized spacial score (nSPS) is 10.4. The molecule has 0 N–H and O–H groups in total. The van der Waals surface area contributed by atoms with Crippen molar-refractivity contribution in [2.24, 2.45) is 0 Å². The van der Waals surface area contributed by atoms with Gasteiger partial charge in [0.15, 0.2) is 0 Å². The first-order valence-corrected chi connectivity index (χ1v) is 7.00. The van der Waals surface area contributed by atoms with Crippen LogP contribution >= 0.6 is 0 Å². The summed E-state index contributed by atoms with van der Waals surface area (Å²) in [6.07, 6.45) is 11.1. The zero-order valence-electron chi connectivity index (χ0n) is 12.6. The molecular weight excluding hydrogens is 216 g/mol. The van der Waals surface area contributed by atoms with Crippen molar-refractivity contribution in [3.05, 3.63) is 33.4 Å². The van der Waals surface area contributed by atoms with Crippen molar-refractivity contribution in [2.75, 3.05) is 0 Å². The SMILES string of the molecule is C#CCCCCCc1c(C)c(C)c(C)c(C)c1C. The van der Waals surface area contributed by atoms with E-state index < -0.39 is 0 Å². The third-order valence-electron chi connectivity index (χ3n) is 4.40. The summed E-state index contributed by atoms with van der Waals surface area (Å²) >= 11 is 0. The molecule has 0 aliphatic rings. The van der Waals surface area contributed by atoms with E-state index in [1.807, 2.05) is 0 Å². The molecule has 0 atom stereocenters. The van der Waals surface area contributed by atoms with Gasteiger partial charge in [-0.15, -0.1) is 12.3 Å². The molecular formula is C18H26. The Morgan fingerprint density at radius 2 is 1.22 bits per heavy atom. The lowest BCUT2D eigenvalue weighted by Crippen LogP contribution is -2.03. The molecule has 98 valence electrons. The van der Waals surface area contributed by atoms with E-state index in [-0.39, 0.29) is 0 Å². The minimum absolute atomic E-state index is 0.921. The van der Waals surface area contributed by atoms with Gasteiger partial charge in [-0.3, -0.25) is 0 Å². The van der Waals surface area contributed by atoms with Crippen molar-refractivity contribution in [1.82, 2.24) is 0 Å². The van der Waals surface area contributed by atoms with Crippen LogP contribution in [0.5, 0.6) is 0 Å². The molecule has 0 saturated carbocycles. The lowest BCUT2D eigenvalue weighted by Gasteiger charge is -2.18. The standard InChI is InChI=1S/C18H26/c1-7-8-9-10-11-12-18-16(5)14(3)13(2)15(4)17(18)6/h1H,8-12H2,2-6H3. The van der Waals surface area contributed by atoms with E-state index >= 15 is 0 Å². The average Bonchev–Trinajstić information content (AvgIpc) is 2.37. The topological polar surface area (TPSA) is 0 Å². The maximum Gasteiger partial charge on any atom is 0.00860 e. The van der Waals surface area contributed by atoms with Gasteiger partial charge in [0.25, 0.3) is 0 Å². The summed E-state index contributed by atoms with van der Waals surface area (Å²) in [5.74, 6) is 2.71. The molecule has 1 aromatic rings. The quantitative estimate of drug-likeness (QED) is 0.505. The van der Waals surface area contributed by atoms with Crippen molar-refractivity contribution in [3.63, 3.8) is 0 Å². The fraction of sp³-hybridized carbons (Fsp3) is 0.556. The second-order valence-electron chi connectivity index (χ2n) is 5.37. The Bertz CT molecular complexity index is 429. The first-order chi connectivity index (χ1) is 8.50. The Morgan fingerprint density at radius 3 is 1.72 bits per heavy atom. The Kier molecular flexibility index (Phi) is 5.48. The average molecular weight is 242 g/mol. The molecule has 0 heteroatoms. The van der Waals surface area contributed by atoms with E-state index in [2.05, 4.69) is 40.5 Å². The maximum atomic E-state index is 5.28. The second kappa shape index (κ2) is 6.64. The molecule has 0 amide bonds. The van der Waals surface area contributed by atoms with Gasteiger partial charge in [-0.05, 0) is 87.3 Å². The highest BCUT2D eigenvalue weighted by atomic mass is 14.2. The molecule has 0 fully saturated rings. The van der Waals surface area contributed by atoms with Gasteiger partial charge in [0.1, 0.15) is 0 Å². The minimum atomic E-state index is 0.921. The minimum Gasteiger partial charge on any atom is -0.120 e. The van der Waals surface area contributed by atoms with E-state index in [0.29, 0.717) is 0 Å². The van der Waals surface area contributed by atoms with Crippen LogP contribution < -0.4 is 0 Å². The number of terminal acetylenes is 1. The van der Waals surface area contributed by atoms with Crippen molar-refractivity contribution in [3.8, 4) is 12.3 Å². The van der Waals surface area contributed by atoms with Gasteiger partial charge in [0.05, 0.1) is 0 Å². The summed E-state index contributed by atoms with van der Waals surface area (Å²) in [5, 5.41) is 0. The second-order valence-corrected chi connectivity index (χ2v) is 5.37. The summed E-state index contributed by atoms with van der Waals surface area (Å²) in [6.45, 7) is 11.3. The molecule has 0 aliphatic carbocycles. The molecule has 0 spiro atoms. The summed E-state index contributed by atoms with van der Waals surface area (Å²) in [4.78, 5) is 0. The van der Waals surface area contributed by atoms with Gasteiger partial charge in [-0.25, -0.2) is 0 Å². The fourth-order valence-corrected chi connectivity index (χ4v) is 2.66. The predicted molar refractivity (Wildman–Crippen MR) is 81.1 cm³/mol. The molecule has 1 aromatic carbocycles. The molecule has 0 radical (unpaired) electrons. The fourth-order valence-electron chi connectivity index (χ4n) is 2.66. The van der Waals surface area contributed by atoms with Crippen molar-refractivity contribution in [2.45, 2.75) is 66.7 Å². The summed E-state index contributed by atoms with van der Waals surface area (Å²) in [6, 6.07) is 0. The van der Waals surface area contributed by atoms with Crippen LogP contribution in [0.1, 0.15) is 59.1 Å². The molecule has 1 rings (SSSR count). The molecule has 0 saturated heterocycles. The molecule has 18 heavy (non-hydrogen) atoms. The van der Waals surface area contributed by atoms with Crippen LogP contribution in [0.15, 0.2) is 0 Å². The van der Waals surface area contributed by atoms with Gasteiger partial charge in [0.2, 0.25) is 0 Å². The molecule has 0 nitrogen and oxygen atoms in total. The monoisotopic (exact) mass is 242 g/mol. The molecule has 0 heterocycles. The number of hydrogen-bond donors (Lipinski definition) is 0. The lowest BCUT2D eigenvalue weighted by atomic mass is 9.87. The van der Waals surface area contributed by atoms with E-state index in [1.165, 1.54) is 53.5 Å². The van der Waals surface area contributed by atoms with Crippen LogP contribution in [0.4, 0.5) is 0 Å². The largest absolute Gasteiger partial charge is 0.120 e. The number of rotatable bonds is 5. The Morgan fingerprint density at radius 1 is 0.722 bits per heavy atom. The number of hydrogen-bond acceptors (Lipinski definition) is 0. The molecule has 0 unspecified atom stereocenters. The Labute approximate surface area is 113 Å². The highest BCUT2D eigenvalue weighted by molar-refractivity contribution is 5.49. The van der Waals surface area contributed by atoms with Crippen LogP contribution in [-0.4, -0.2) is 0 Å². The van der Waals surface area contributed by atoms with Crippen molar-refractivity contribution < 1.29 is 0 Å². The zero-order valence-corrected chi connectivity index (χ0v) is 12.6. The van der Waals surface area contributed by atoms with Crippen LogP contribution in [0.25, 0.3) is 0 Å². The predicted octanol–water partition coefficient (Wildman–Crippen LogP) is 4.96. The highest BCUT2D eigenvalue weighted by Crippen LogP contribution is 2.27. The number of benzene rings is 1. The zero-order chi connectivity index (χ0) is 13.7. The van der Waals surface area contributed by atoms with E-state index in [1.54, 1.807) is 5.56 Å². The van der Waals surface area contributed by atoms with Gasteiger partial charge < -0.3 is 0 Å². The van der Waals surface area contributed by atoms with Crippen LogP contribution in [-0.2, 0) is 6.42 Å². The third kappa shape index (κ3) is 3.16. The van der Waals surface area contributed by atoms with Gasteiger partial charge >= 0.3 is 0 Å². The van der Waals surface area contributed by atoms with Crippen LogP contribution in [0.2, 0.25) is 0 Å². The van der Waals surface area contributed by atoms with E-state index in [9.17, 15) is 0 Å². The van der Waals surface area contributed by atoms with E-state index in [0.717, 1.165) is 6.42 Å². The number of unbranched alkanes of at least 4 members (excludes halogenated alkanes) is 3.